The average molecular weight is 471 g/mol. The molecule has 0 aromatic carbocycles. The maximum Gasteiger partial charge on any atom is 0.178 e. The second kappa shape index (κ2) is 7.99. The van der Waals surface area contributed by atoms with Crippen molar-refractivity contribution >= 4 is 39.1 Å². The zero-order chi connectivity index (χ0) is 23.2. The molecule has 6 aromatic rings. The lowest BCUT2D eigenvalue weighted by molar-refractivity contribution is 0.657. The molecule has 0 bridgehead atoms. The average Bonchev–Trinajstić information content (AvgIpc) is 3.55. The highest BCUT2D eigenvalue weighted by Gasteiger charge is 2.17. The third kappa shape index (κ3) is 3.57. The van der Waals surface area contributed by atoms with Crippen molar-refractivity contribution in [2.45, 2.75) is 19.9 Å². The number of aromatic nitrogens is 7. The molecular formula is C24H19FN8S. The number of thiophene rings is 1. The van der Waals surface area contributed by atoms with Crippen molar-refractivity contribution < 1.29 is 4.39 Å². The Morgan fingerprint density at radius 1 is 1.06 bits per heavy atom. The molecule has 0 unspecified atom stereocenters. The Bertz CT molecular complexity index is 1650. The van der Waals surface area contributed by atoms with E-state index in [4.69, 9.17) is 0 Å². The third-order valence-corrected chi connectivity index (χ3v) is 6.30. The number of aromatic amines is 2. The van der Waals surface area contributed by atoms with E-state index in [-0.39, 0.29) is 5.13 Å². The van der Waals surface area contributed by atoms with Crippen molar-refractivity contribution in [1.29, 1.82) is 0 Å². The predicted octanol–water partition coefficient (Wildman–Crippen LogP) is 5.65. The van der Waals surface area contributed by atoms with Gasteiger partial charge in [-0.25, -0.2) is 9.97 Å². The van der Waals surface area contributed by atoms with E-state index in [9.17, 15) is 4.39 Å². The lowest BCUT2D eigenvalue weighted by atomic mass is 10.1. The molecule has 6 aromatic heterocycles. The van der Waals surface area contributed by atoms with Crippen LogP contribution in [0.2, 0.25) is 0 Å². The van der Waals surface area contributed by atoms with Gasteiger partial charge in [-0.15, -0.1) is 11.3 Å². The van der Waals surface area contributed by atoms with E-state index in [0.717, 1.165) is 55.1 Å². The van der Waals surface area contributed by atoms with Gasteiger partial charge in [0.15, 0.2) is 16.6 Å². The molecule has 0 saturated carbocycles. The molecule has 0 radical (unpaired) electrons. The largest absolute Gasteiger partial charge is 0.382 e. The highest BCUT2D eigenvalue weighted by Crippen LogP contribution is 2.34. The maximum absolute atomic E-state index is 13.6. The Morgan fingerprint density at radius 3 is 2.79 bits per heavy atom. The number of pyridine rings is 3. The van der Waals surface area contributed by atoms with Gasteiger partial charge < -0.3 is 10.3 Å². The molecule has 0 aliphatic carbocycles. The van der Waals surface area contributed by atoms with Crippen LogP contribution in [0.25, 0.3) is 55.3 Å². The number of hydrogen-bond donors (Lipinski definition) is 3. The Morgan fingerprint density at radius 2 is 1.97 bits per heavy atom. The quantitative estimate of drug-likeness (QED) is 0.301. The van der Waals surface area contributed by atoms with Crippen LogP contribution in [0, 0.1) is 5.13 Å². The Kier molecular flexibility index (Phi) is 4.80. The molecule has 0 aliphatic rings. The molecule has 3 N–H and O–H groups in total. The topological polar surface area (TPSA) is 108 Å². The van der Waals surface area contributed by atoms with Crippen molar-refractivity contribution in [1.82, 2.24) is 35.1 Å². The van der Waals surface area contributed by atoms with Crippen LogP contribution in [0.3, 0.4) is 0 Å². The fraction of sp³-hybridized carbons (Fsp3) is 0.125. The number of hydrogen-bond acceptors (Lipinski definition) is 7. The first-order valence-electron chi connectivity index (χ1n) is 10.7. The molecule has 0 saturated heterocycles. The standard InChI is InChI=1S/C24H19FN8S/c1-12(2)29-14-7-13(9-26-10-14)17-8-16-18(11-28-17)32-33-22(16)24-30-21-15(5-6-27-23(21)31-24)19-3-4-20(25)34-19/h3-12,29H,1-2H3,(H,32,33)(H,27,30,31). The molecular weight excluding hydrogens is 451 g/mol. The van der Waals surface area contributed by atoms with Crippen LogP contribution < -0.4 is 5.32 Å². The second-order valence-electron chi connectivity index (χ2n) is 8.19. The summed E-state index contributed by atoms with van der Waals surface area (Å²) in [6.45, 7) is 4.16. The van der Waals surface area contributed by atoms with Gasteiger partial charge in [0.25, 0.3) is 0 Å². The zero-order valence-electron chi connectivity index (χ0n) is 18.3. The van der Waals surface area contributed by atoms with E-state index in [0.29, 0.717) is 23.2 Å². The number of nitrogens with zero attached hydrogens (tertiary/aromatic N) is 5. The van der Waals surface area contributed by atoms with Crippen molar-refractivity contribution in [3.8, 4) is 33.2 Å². The van der Waals surface area contributed by atoms with Crippen LogP contribution in [0.15, 0.2) is 55.1 Å². The molecule has 6 rings (SSSR count). The summed E-state index contributed by atoms with van der Waals surface area (Å²) >= 11 is 1.09. The van der Waals surface area contributed by atoms with Crippen LogP contribution in [-0.2, 0) is 0 Å². The van der Waals surface area contributed by atoms with Gasteiger partial charge in [0, 0.05) is 46.0 Å². The first-order chi connectivity index (χ1) is 16.5. The molecule has 0 spiro atoms. The normalized spacial score (nSPS) is 11.6. The fourth-order valence-electron chi connectivity index (χ4n) is 3.93. The van der Waals surface area contributed by atoms with E-state index < -0.39 is 0 Å². The van der Waals surface area contributed by atoms with E-state index in [2.05, 4.69) is 54.3 Å². The van der Waals surface area contributed by atoms with E-state index in [1.165, 1.54) is 6.07 Å². The highest BCUT2D eigenvalue weighted by molar-refractivity contribution is 7.14. The van der Waals surface area contributed by atoms with Crippen molar-refractivity contribution in [2.75, 3.05) is 5.32 Å². The van der Waals surface area contributed by atoms with Gasteiger partial charge in [-0.3, -0.25) is 15.1 Å². The summed E-state index contributed by atoms with van der Waals surface area (Å²) in [5.74, 6) is 0.573. The lowest BCUT2D eigenvalue weighted by Gasteiger charge is -2.10. The summed E-state index contributed by atoms with van der Waals surface area (Å²) in [5, 5.41) is 11.5. The molecule has 34 heavy (non-hydrogen) atoms. The zero-order valence-corrected chi connectivity index (χ0v) is 19.1. The van der Waals surface area contributed by atoms with Crippen LogP contribution in [0.4, 0.5) is 10.1 Å². The summed E-state index contributed by atoms with van der Waals surface area (Å²) in [4.78, 5) is 22.1. The first-order valence-corrected chi connectivity index (χ1v) is 11.5. The van der Waals surface area contributed by atoms with Crippen LogP contribution in [0.1, 0.15) is 13.8 Å². The summed E-state index contributed by atoms with van der Waals surface area (Å²) in [5.41, 5.74) is 6.18. The van der Waals surface area contributed by atoms with Crippen molar-refractivity contribution in [2.24, 2.45) is 0 Å². The monoisotopic (exact) mass is 470 g/mol. The van der Waals surface area contributed by atoms with Gasteiger partial charge in [0.2, 0.25) is 0 Å². The molecule has 0 amide bonds. The Hall–Kier alpha value is -4.18. The third-order valence-electron chi connectivity index (χ3n) is 5.39. The van der Waals surface area contributed by atoms with E-state index in [1.807, 2.05) is 18.2 Å². The number of fused-ring (bicyclic) bond motifs is 2. The SMILES string of the molecule is CC(C)Nc1cncc(-c2cc3c(-c4nc5nccc(-c6ccc(F)s6)c5[nH]4)n[nH]c3cn2)c1. The smallest absolute Gasteiger partial charge is 0.178 e. The molecule has 0 atom stereocenters. The van der Waals surface area contributed by atoms with Gasteiger partial charge in [0.05, 0.1) is 28.6 Å². The van der Waals surface area contributed by atoms with Gasteiger partial charge in [-0.05, 0) is 44.2 Å². The minimum absolute atomic E-state index is 0.236. The first kappa shape index (κ1) is 20.4. The predicted molar refractivity (Wildman–Crippen MR) is 132 cm³/mol. The number of H-pyrrole nitrogens is 2. The molecule has 168 valence electrons. The molecule has 6 heterocycles. The summed E-state index contributed by atoms with van der Waals surface area (Å²) in [7, 11) is 0. The number of anilines is 1. The van der Waals surface area contributed by atoms with Gasteiger partial charge >= 0.3 is 0 Å². The minimum Gasteiger partial charge on any atom is -0.382 e. The Labute approximate surface area is 197 Å². The molecule has 0 fully saturated rings. The molecule has 8 nitrogen and oxygen atoms in total. The number of nitrogens with one attached hydrogen (secondary N) is 3. The summed E-state index contributed by atoms with van der Waals surface area (Å²) < 4.78 is 13.6. The van der Waals surface area contributed by atoms with Gasteiger partial charge in [-0.2, -0.15) is 9.49 Å². The van der Waals surface area contributed by atoms with Gasteiger partial charge in [-0.1, -0.05) is 0 Å². The summed E-state index contributed by atoms with van der Waals surface area (Å²) in [6, 6.07) is 9.36. The van der Waals surface area contributed by atoms with Crippen LogP contribution in [-0.4, -0.2) is 41.2 Å². The molecule has 0 aliphatic heterocycles. The number of rotatable bonds is 5. The van der Waals surface area contributed by atoms with Gasteiger partial charge in [0.1, 0.15) is 5.69 Å². The Balaban J connectivity index is 1.45. The molecule has 10 heteroatoms. The minimum atomic E-state index is -0.236. The van der Waals surface area contributed by atoms with Crippen molar-refractivity contribution in [3.05, 3.63) is 60.3 Å². The second-order valence-corrected chi connectivity index (χ2v) is 9.23. The maximum atomic E-state index is 13.6. The fourth-order valence-corrected chi connectivity index (χ4v) is 4.70. The van der Waals surface area contributed by atoms with Crippen LogP contribution >= 0.6 is 11.3 Å². The van der Waals surface area contributed by atoms with E-state index in [1.54, 1.807) is 30.9 Å². The van der Waals surface area contributed by atoms with Crippen molar-refractivity contribution in [3.63, 3.8) is 0 Å². The summed E-state index contributed by atoms with van der Waals surface area (Å²) in [6.07, 6.45) is 7.01. The van der Waals surface area contributed by atoms with E-state index >= 15 is 0 Å². The number of imidazole rings is 1. The highest BCUT2D eigenvalue weighted by atomic mass is 32.1. The lowest BCUT2D eigenvalue weighted by Crippen LogP contribution is -2.09. The number of halogens is 1. The van der Waals surface area contributed by atoms with Crippen LogP contribution in [0.5, 0.6) is 0 Å².